The van der Waals surface area contributed by atoms with Crippen LogP contribution in [-0.4, -0.2) is 30.5 Å². The van der Waals surface area contributed by atoms with Crippen LogP contribution in [0.3, 0.4) is 0 Å². The highest BCUT2D eigenvalue weighted by Crippen LogP contribution is 2.47. The molecule has 2 aliphatic rings. The molecule has 4 heteroatoms. The number of ether oxygens (including phenoxy) is 2. The minimum absolute atomic E-state index is 0.208. The molecule has 2 unspecified atom stereocenters. The lowest BCUT2D eigenvalue weighted by atomic mass is 9.77. The van der Waals surface area contributed by atoms with Crippen molar-refractivity contribution in [2.24, 2.45) is 11.1 Å². The van der Waals surface area contributed by atoms with Crippen LogP contribution >= 0.6 is 0 Å². The van der Waals surface area contributed by atoms with Crippen LogP contribution < -0.4 is 10.5 Å². The van der Waals surface area contributed by atoms with Gasteiger partial charge in [-0.25, -0.2) is 0 Å². The molecule has 3 rings (SSSR count). The van der Waals surface area contributed by atoms with E-state index in [1.54, 1.807) is 0 Å². The Labute approximate surface area is 119 Å². The number of aliphatic hydroxyl groups excluding tert-OH is 1. The lowest BCUT2D eigenvalue weighted by molar-refractivity contribution is 0.0157. The van der Waals surface area contributed by atoms with Crippen LogP contribution in [0.25, 0.3) is 0 Å². The first-order valence-electron chi connectivity index (χ1n) is 7.24. The van der Waals surface area contributed by atoms with Gasteiger partial charge < -0.3 is 20.3 Å². The molecule has 2 heterocycles. The summed E-state index contributed by atoms with van der Waals surface area (Å²) in [6.07, 6.45) is 1.02. The minimum atomic E-state index is -0.640. The van der Waals surface area contributed by atoms with Gasteiger partial charge in [-0.1, -0.05) is 18.2 Å². The Bertz CT molecular complexity index is 506. The van der Waals surface area contributed by atoms with Gasteiger partial charge in [0.25, 0.3) is 0 Å². The fourth-order valence-electron chi connectivity index (χ4n) is 3.30. The predicted molar refractivity (Wildman–Crippen MR) is 76.7 cm³/mol. The monoisotopic (exact) mass is 277 g/mol. The van der Waals surface area contributed by atoms with Crippen LogP contribution in [0, 0.1) is 5.41 Å². The van der Waals surface area contributed by atoms with E-state index in [-0.39, 0.29) is 11.0 Å². The average molecular weight is 277 g/mol. The third kappa shape index (κ3) is 2.12. The Morgan fingerprint density at radius 3 is 2.85 bits per heavy atom. The molecule has 0 aliphatic carbocycles. The maximum absolute atomic E-state index is 10.9. The van der Waals surface area contributed by atoms with Gasteiger partial charge in [-0.3, -0.25) is 0 Å². The van der Waals surface area contributed by atoms with E-state index in [2.05, 4.69) is 19.9 Å². The van der Waals surface area contributed by atoms with Crippen molar-refractivity contribution in [3.63, 3.8) is 0 Å². The van der Waals surface area contributed by atoms with Crippen LogP contribution in [0.15, 0.2) is 18.2 Å². The maximum atomic E-state index is 10.9. The molecule has 0 spiro atoms. The molecule has 110 valence electrons. The van der Waals surface area contributed by atoms with Crippen molar-refractivity contribution in [1.82, 2.24) is 0 Å². The second-order valence-corrected chi connectivity index (χ2v) is 6.65. The number of hydrogen-bond acceptors (Lipinski definition) is 4. The summed E-state index contributed by atoms with van der Waals surface area (Å²) in [5.74, 6) is 0.838. The quantitative estimate of drug-likeness (QED) is 0.884. The molecule has 1 aromatic rings. The summed E-state index contributed by atoms with van der Waals surface area (Å²) in [5, 5.41) is 10.9. The Morgan fingerprint density at radius 2 is 2.20 bits per heavy atom. The fraction of sp³-hybridized carbons (Fsp3) is 0.625. The zero-order valence-electron chi connectivity index (χ0n) is 12.2. The molecule has 20 heavy (non-hydrogen) atoms. The molecule has 0 amide bonds. The first kappa shape index (κ1) is 13.9. The molecule has 0 aromatic heterocycles. The molecule has 2 aliphatic heterocycles. The van der Waals surface area contributed by atoms with Gasteiger partial charge in [0.15, 0.2) is 0 Å². The van der Waals surface area contributed by atoms with Gasteiger partial charge in [-0.2, -0.15) is 0 Å². The summed E-state index contributed by atoms with van der Waals surface area (Å²) in [7, 11) is 0. The smallest absolute Gasteiger partial charge is 0.129 e. The van der Waals surface area contributed by atoms with E-state index in [4.69, 9.17) is 15.2 Å². The van der Waals surface area contributed by atoms with E-state index >= 15 is 0 Å². The Balaban J connectivity index is 1.98. The summed E-state index contributed by atoms with van der Waals surface area (Å²) in [6, 6.07) is 6.00. The molecule has 0 saturated carbocycles. The van der Waals surface area contributed by atoms with Crippen molar-refractivity contribution in [1.29, 1.82) is 0 Å². The highest BCUT2D eigenvalue weighted by atomic mass is 16.5. The maximum Gasteiger partial charge on any atom is 0.129 e. The summed E-state index contributed by atoms with van der Waals surface area (Å²) in [6.45, 7) is 5.73. The summed E-state index contributed by atoms with van der Waals surface area (Å²) in [4.78, 5) is 0. The lowest BCUT2D eigenvalue weighted by Crippen LogP contribution is -2.37. The van der Waals surface area contributed by atoms with Crippen molar-refractivity contribution in [2.45, 2.75) is 38.4 Å². The van der Waals surface area contributed by atoms with Gasteiger partial charge in [0.05, 0.1) is 12.7 Å². The van der Waals surface area contributed by atoms with Crippen LogP contribution in [0.5, 0.6) is 5.75 Å². The summed E-state index contributed by atoms with van der Waals surface area (Å²) >= 11 is 0. The molecule has 1 fully saturated rings. The zero-order valence-corrected chi connectivity index (χ0v) is 12.2. The van der Waals surface area contributed by atoms with E-state index in [0.29, 0.717) is 19.8 Å². The molecule has 4 nitrogen and oxygen atoms in total. The molecule has 0 radical (unpaired) electrons. The number of nitrogens with two attached hydrogens (primary N) is 1. The topological polar surface area (TPSA) is 64.7 Å². The standard InChI is InChI=1S/C16H23NO3/c1-15(2)8-11-4-3-5-12(13(11)20-15)14(18)16(9-17)6-7-19-10-16/h3-5,14,18H,6-10,17H2,1-2H3. The van der Waals surface area contributed by atoms with Crippen LogP contribution in [0.2, 0.25) is 0 Å². The first-order chi connectivity index (χ1) is 9.47. The third-order valence-corrected chi connectivity index (χ3v) is 4.54. The van der Waals surface area contributed by atoms with Crippen LogP contribution in [-0.2, 0) is 11.2 Å². The number of rotatable bonds is 3. The normalized spacial score (nSPS) is 29.0. The molecule has 2 atom stereocenters. The lowest BCUT2D eigenvalue weighted by Gasteiger charge is -2.32. The second kappa shape index (κ2) is 4.72. The number of benzene rings is 1. The van der Waals surface area contributed by atoms with Crippen LogP contribution in [0.1, 0.15) is 37.5 Å². The summed E-state index contributed by atoms with van der Waals surface area (Å²) < 4.78 is 11.5. The molecule has 1 aromatic carbocycles. The first-order valence-corrected chi connectivity index (χ1v) is 7.24. The largest absolute Gasteiger partial charge is 0.487 e. The zero-order chi connectivity index (χ0) is 14.4. The van der Waals surface area contributed by atoms with Crippen LogP contribution in [0.4, 0.5) is 0 Å². The van der Waals surface area contributed by atoms with Crippen molar-refractivity contribution < 1.29 is 14.6 Å². The molecule has 1 saturated heterocycles. The van der Waals surface area contributed by atoms with Crippen molar-refractivity contribution in [3.8, 4) is 5.75 Å². The molecular weight excluding hydrogens is 254 g/mol. The minimum Gasteiger partial charge on any atom is -0.487 e. The van der Waals surface area contributed by atoms with E-state index in [9.17, 15) is 5.11 Å². The van der Waals surface area contributed by atoms with Gasteiger partial charge in [0.2, 0.25) is 0 Å². The number of hydrogen-bond donors (Lipinski definition) is 2. The van der Waals surface area contributed by atoms with Crippen molar-refractivity contribution >= 4 is 0 Å². The molecular formula is C16H23NO3. The van der Waals surface area contributed by atoms with E-state index in [0.717, 1.165) is 29.7 Å². The average Bonchev–Trinajstić information content (AvgIpc) is 3.00. The second-order valence-electron chi connectivity index (χ2n) is 6.65. The predicted octanol–water partition coefficient (Wildman–Crippen LogP) is 1.80. The number of aliphatic hydroxyl groups is 1. The highest BCUT2D eigenvalue weighted by Gasteiger charge is 2.44. The van der Waals surface area contributed by atoms with Gasteiger partial charge >= 0.3 is 0 Å². The highest BCUT2D eigenvalue weighted by molar-refractivity contribution is 5.47. The SMILES string of the molecule is CC1(C)Cc2cccc(C(O)C3(CN)CCOC3)c2O1. The van der Waals surface area contributed by atoms with Gasteiger partial charge in [-0.05, 0) is 25.8 Å². The Morgan fingerprint density at radius 1 is 1.40 bits per heavy atom. The van der Waals surface area contributed by atoms with Gasteiger partial charge in [-0.15, -0.1) is 0 Å². The number of fused-ring (bicyclic) bond motifs is 1. The Hall–Kier alpha value is -1.10. The number of para-hydroxylation sites is 1. The summed E-state index contributed by atoms with van der Waals surface area (Å²) in [5.41, 5.74) is 7.35. The molecule has 0 bridgehead atoms. The van der Waals surface area contributed by atoms with Gasteiger partial charge in [0.1, 0.15) is 11.4 Å². The van der Waals surface area contributed by atoms with Crippen molar-refractivity contribution in [3.05, 3.63) is 29.3 Å². The third-order valence-electron chi connectivity index (χ3n) is 4.54. The van der Waals surface area contributed by atoms with E-state index in [1.165, 1.54) is 0 Å². The Kier molecular flexibility index (Phi) is 3.27. The fourth-order valence-corrected chi connectivity index (χ4v) is 3.30. The molecule has 3 N–H and O–H groups in total. The van der Waals surface area contributed by atoms with E-state index in [1.807, 2.05) is 12.1 Å². The van der Waals surface area contributed by atoms with Crippen molar-refractivity contribution in [2.75, 3.05) is 19.8 Å². The van der Waals surface area contributed by atoms with E-state index < -0.39 is 6.10 Å². The van der Waals surface area contributed by atoms with Gasteiger partial charge in [0, 0.05) is 30.6 Å².